The van der Waals surface area contributed by atoms with E-state index in [4.69, 9.17) is 11.6 Å². The molecule has 178 valence electrons. The molecule has 1 saturated carbocycles. The molecule has 3 rings (SSSR count). The third-order valence-electron chi connectivity index (χ3n) is 5.01. The third-order valence-corrected chi connectivity index (χ3v) is 5.40. The molecule has 6 nitrogen and oxygen atoms in total. The van der Waals surface area contributed by atoms with E-state index in [1.54, 1.807) is 0 Å². The lowest BCUT2D eigenvalue weighted by Crippen LogP contribution is -2.33. The lowest BCUT2D eigenvalue weighted by atomic mass is 10.2. The van der Waals surface area contributed by atoms with Crippen molar-refractivity contribution in [1.82, 2.24) is 24.9 Å². The van der Waals surface area contributed by atoms with Crippen LogP contribution in [-0.4, -0.2) is 32.0 Å². The van der Waals surface area contributed by atoms with Gasteiger partial charge in [-0.25, -0.2) is 22.2 Å². The van der Waals surface area contributed by atoms with E-state index in [0.717, 1.165) is 18.9 Å². The monoisotopic (exact) mass is 489 g/mol. The Balaban J connectivity index is 1.61. The molecule has 1 unspecified atom stereocenters. The van der Waals surface area contributed by atoms with Gasteiger partial charge in [-0.15, -0.1) is 0 Å². The molecule has 0 aliphatic heterocycles. The number of hydrogen-bond acceptors (Lipinski definition) is 3. The van der Waals surface area contributed by atoms with E-state index in [1.807, 2.05) is 0 Å². The van der Waals surface area contributed by atoms with Gasteiger partial charge in [0.05, 0.1) is 5.02 Å². The van der Waals surface area contributed by atoms with E-state index in [9.17, 15) is 35.5 Å². The Hall–Kier alpha value is -2.31. The SMILES string of the molecule is CC(C(=O)NCCCn1nc(C(F)(F)F)cc1C1CC1)n1nc(C(F)F)c(Cl)c1C(F)F. The summed E-state index contributed by atoms with van der Waals surface area (Å²) in [6.07, 6.45) is -9.24. The third kappa shape index (κ3) is 5.18. The van der Waals surface area contributed by atoms with Crippen LogP contribution in [0.25, 0.3) is 0 Å². The molecule has 1 N–H and O–H groups in total. The van der Waals surface area contributed by atoms with Crippen molar-refractivity contribution < 1.29 is 35.5 Å². The second kappa shape index (κ2) is 9.28. The Bertz CT molecular complexity index is 968. The first-order chi connectivity index (χ1) is 14.9. The molecule has 32 heavy (non-hydrogen) atoms. The summed E-state index contributed by atoms with van der Waals surface area (Å²) in [4.78, 5) is 12.3. The zero-order valence-corrected chi connectivity index (χ0v) is 17.4. The van der Waals surface area contributed by atoms with Crippen LogP contribution >= 0.6 is 11.6 Å². The Morgan fingerprint density at radius 2 is 1.88 bits per heavy atom. The molecule has 0 saturated heterocycles. The van der Waals surface area contributed by atoms with E-state index in [0.29, 0.717) is 10.4 Å². The standard InChI is InChI=1S/C18H19ClF7N5O/c1-8(31-14(16(22)23)12(19)13(29-31)15(20)21)17(32)27-5-2-6-30-10(9-3-4-9)7-11(28-30)18(24,25)26/h7-9,15-16H,2-6H2,1H3,(H,27,32). The van der Waals surface area contributed by atoms with Crippen LogP contribution in [0, 0.1) is 0 Å². The van der Waals surface area contributed by atoms with E-state index >= 15 is 0 Å². The number of carbonyl (C=O) groups excluding carboxylic acids is 1. The highest BCUT2D eigenvalue weighted by Crippen LogP contribution is 2.42. The first-order valence-electron chi connectivity index (χ1n) is 9.68. The first kappa shape index (κ1) is 24.3. The number of carbonyl (C=O) groups is 1. The summed E-state index contributed by atoms with van der Waals surface area (Å²) in [5, 5.41) is 8.50. The predicted octanol–water partition coefficient (Wildman–Crippen LogP) is 5.27. The van der Waals surface area contributed by atoms with Crippen molar-refractivity contribution in [3.05, 3.63) is 33.9 Å². The molecular formula is C18H19ClF7N5O. The van der Waals surface area contributed by atoms with Crippen molar-refractivity contribution in [2.24, 2.45) is 0 Å². The second-order valence-electron chi connectivity index (χ2n) is 7.40. The molecule has 0 bridgehead atoms. The summed E-state index contributed by atoms with van der Waals surface area (Å²) in [5.41, 5.74) is -2.55. The van der Waals surface area contributed by atoms with E-state index in [1.165, 1.54) is 11.6 Å². The Kier molecular flexibility index (Phi) is 7.06. The van der Waals surface area contributed by atoms with Gasteiger partial charge in [-0.3, -0.25) is 9.48 Å². The van der Waals surface area contributed by atoms with Gasteiger partial charge in [-0.05, 0) is 32.3 Å². The molecule has 0 aromatic carbocycles. The fraction of sp³-hybridized carbons (Fsp3) is 0.611. The van der Waals surface area contributed by atoms with E-state index in [-0.39, 0.29) is 25.4 Å². The largest absolute Gasteiger partial charge is 0.435 e. The molecule has 1 aliphatic rings. The summed E-state index contributed by atoms with van der Waals surface area (Å²) in [6.45, 7) is 1.28. The fourth-order valence-corrected chi connectivity index (χ4v) is 3.52. The zero-order chi connectivity index (χ0) is 23.8. The molecule has 1 amide bonds. The maximum absolute atomic E-state index is 13.3. The van der Waals surface area contributed by atoms with E-state index in [2.05, 4.69) is 15.5 Å². The Morgan fingerprint density at radius 3 is 2.41 bits per heavy atom. The Labute approximate surface area is 182 Å². The number of nitrogens with zero attached hydrogens (tertiary/aromatic N) is 4. The smallest absolute Gasteiger partial charge is 0.354 e. The van der Waals surface area contributed by atoms with Gasteiger partial charge >= 0.3 is 6.18 Å². The molecule has 2 heterocycles. The molecular weight excluding hydrogens is 471 g/mol. The quantitative estimate of drug-likeness (QED) is 0.385. The van der Waals surface area contributed by atoms with Crippen LogP contribution in [-0.2, 0) is 17.5 Å². The maximum Gasteiger partial charge on any atom is 0.435 e. The lowest BCUT2D eigenvalue weighted by Gasteiger charge is -2.16. The number of nitrogens with one attached hydrogen (secondary N) is 1. The van der Waals surface area contributed by atoms with Crippen molar-refractivity contribution in [2.45, 2.75) is 63.7 Å². The number of hydrogen-bond donors (Lipinski definition) is 1. The molecule has 0 radical (unpaired) electrons. The number of rotatable bonds is 9. The fourth-order valence-electron chi connectivity index (χ4n) is 3.23. The number of amides is 1. The minimum Gasteiger partial charge on any atom is -0.354 e. The molecule has 1 atom stereocenters. The highest BCUT2D eigenvalue weighted by Gasteiger charge is 2.37. The van der Waals surface area contributed by atoms with E-state index < -0.39 is 53.1 Å². The predicted molar refractivity (Wildman–Crippen MR) is 98.7 cm³/mol. The molecule has 1 fully saturated rings. The number of aromatic nitrogens is 4. The summed E-state index contributed by atoms with van der Waals surface area (Å²) >= 11 is 5.58. The van der Waals surface area contributed by atoms with Crippen LogP contribution in [0.15, 0.2) is 6.07 Å². The van der Waals surface area contributed by atoms with Crippen molar-refractivity contribution in [2.75, 3.05) is 6.54 Å². The summed E-state index contributed by atoms with van der Waals surface area (Å²) < 4.78 is 92.9. The van der Waals surface area contributed by atoms with Gasteiger partial charge < -0.3 is 5.32 Å². The van der Waals surface area contributed by atoms with Crippen LogP contribution in [0.5, 0.6) is 0 Å². The van der Waals surface area contributed by atoms with Gasteiger partial charge in [0.1, 0.15) is 17.4 Å². The zero-order valence-electron chi connectivity index (χ0n) is 16.6. The van der Waals surface area contributed by atoms with Crippen molar-refractivity contribution in [3.8, 4) is 0 Å². The minimum absolute atomic E-state index is 0.00475. The lowest BCUT2D eigenvalue weighted by molar-refractivity contribution is -0.141. The van der Waals surface area contributed by atoms with Gasteiger partial charge in [0, 0.05) is 24.7 Å². The molecule has 1 aliphatic carbocycles. The number of halogens is 8. The summed E-state index contributed by atoms with van der Waals surface area (Å²) in [7, 11) is 0. The van der Waals surface area contributed by atoms with Crippen LogP contribution in [0.2, 0.25) is 5.02 Å². The van der Waals surface area contributed by atoms with Crippen molar-refractivity contribution in [1.29, 1.82) is 0 Å². The normalized spacial score (nSPS) is 15.6. The number of alkyl halides is 7. The van der Waals surface area contributed by atoms with Crippen LogP contribution in [0.4, 0.5) is 30.7 Å². The maximum atomic E-state index is 13.3. The summed E-state index contributed by atoms with van der Waals surface area (Å²) in [5.74, 6) is -0.764. The molecule has 14 heteroatoms. The average Bonchev–Trinajstić information content (AvgIpc) is 3.33. The molecule has 2 aromatic rings. The first-order valence-corrected chi connectivity index (χ1v) is 10.1. The summed E-state index contributed by atoms with van der Waals surface area (Å²) in [6, 6.07) is -0.348. The van der Waals surface area contributed by atoms with Gasteiger partial charge in [-0.2, -0.15) is 23.4 Å². The Morgan fingerprint density at radius 1 is 1.22 bits per heavy atom. The number of aryl methyl sites for hydroxylation is 1. The molecule has 2 aromatic heterocycles. The van der Waals surface area contributed by atoms with Gasteiger partial charge in [0.15, 0.2) is 5.69 Å². The van der Waals surface area contributed by atoms with Crippen molar-refractivity contribution in [3.63, 3.8) is 0 Å². The topological polar surface area (TPSA) is 64.7 Å². The van der Waals surface area contributed by atoms with Crippen LogP contribution in [0.1, 0.15) is 73.8 Å². The highest BCUT2D eigenvalue weighted by molar-refractivity contribution is 6.32. The highest BCUT2D eigenvalue weighted by atomic mass is 35.5. The van der Waals surface area contributed by atoms with Crippen LogP contribution < -0.4 is 5.32 Å². The van der Waals surface area contributed by atoms with Crippen LogP contribution in [0.3, 0.4) is 0 Å². The van der Waals surface area contributed by atoms with Gasteiger partial charge in [0.25, 0.3) is 12.9 Å². The second-order valence-corrected chi connectivity index (χ2v) is 7.78. The van der Waals surface area contributed by atoms with Gasteiger partial charge in [-0.1, -0.05) is 11.6 Å². The average molecular weight is 490 g/mol. The van der Waals surface area contributed by atoms with Gasteiger partial charge in [0.2, 0.25) is 5.91 Å². The minimum atomic E-state index is -4.57. The molecule has 0 spiro atoms. The van der Waals surface area contributed by atoms with Crippen molar-refractivity contribution >= 4 is 17.5 Å².